The number of benzene rings is 2. The summed E-state index contributed by atoms with van der Waals surface area (Å²) in [4.78, 5) is 34.6. The molecule has 0 spiro atoms. The molecule has 2 atom stereocenters. The Balaban J connectivity index is 1.34. The fraction of sp³-hybridized carbons (Fsp3) is 0.375. The maximum absolute atomic E-state index is 14.7. The Bertz CT molecular complexity index is 1290. The monoisotopic (exact) mass is 469 g/mol. The van der Waals surface area contributed by atoms with Gasteiger partial charge in [-0.2, -0.15) is 0 Å². The summed E-state index contributed by atoms with van der Waals surface area (Å²) in [6.07, 6.45) is 1.61. The van der Waals surface area contributed by atoms with Gasteiger partial charge in [-0.05, 0) is 61.7 Å². The Morgan fingerprint density at radius 3 is 2.97 bits per heavy atom. The highest BCUT2D eigenvalue weighted by atomic mass is 35.5. The molecule has 0 bridgehead atoms. The normalized spacial score (nSPS) is 20.2. The second kappa shape index (κ2) is 8.76. The largest absolute Gasteiger partial charge is 0.374 e. The second-order valence-electron chi connectivity index (χ2n) is 8.70. The molecule has 9 heteroatoms. The molecule has 1 aromatic heterocycles. The molecular weight excluding hydrogens is 445 g/mol. The fourth-order valence-electron chi connectivity index (χ4n) is 4.81. The fourth-order valence-corrected chi connectivity index (χ4v) is 5.00. The van der Waals surface area contributed by atoms with E-state index in [1.165, 1.54) is 12.1 Å². The van der Waals surface area contributed by atoms with Crippen LogP contribution in [-0.4, -0.2) is 47.0 Å². The zero-order valence-corrected chi connectivity index (χ0v) is 19.0. The molecule has 3 heterocycles. The SMILES string of the molecule is C[C@H]1c2ccc(Cl)cc2CCN1C(=O)CNc1cc2nc([C@H]3CCNC3)[nH]c(=O)c2cc1F. The molecule has 1 amide bonds. The van der Waals surface area contributed by atoms with Crippen LogP contribution in [-0.2, 0) is 11.2 Å². The summed E-state index contributed by atoms with van der Waals surface area (Å²) in [5, 5.41) is 7.05. The molecule has 1 fully saturated rings. The zero-order chi connectivity index (χ0) is 23.1. The first-order valence-corrected chi connectivity index (χ1v) is 11.5. The van der Waals surface area contributed by atoms with Crippen molar-refractivity contribution in [2.24, 2.45) is 0 Å². The summed E-state index contributed by atoms with van der Waals surface area (Å²) in [6, 6.07) is 8.33. The van der Waals surface area contributed by atoms with E-state index < -0.39 is 5.82 Å². The van der Waals surface area contributed by atoms with Gasteiger partial charge in [-0.25, -0.2) is 9.37 Å². The minimum Gasteiger partial charge on any atom is -0.374 e. The summed E-state index contributed by atoms with van der Waals surface area (Å²) in [5.74, 6) is 0.0132. The molecule has 5 rings (SSSR count). The van der Waals surface area contributed by atoms with Crippen molar-refractivity contribution in [1.29, 1.82) is 0 Å². The van der Waals surface area contributed by atoms with Crippen molar-refractivity contribution in [1.82, 2.24) is 20.2 Å². The average molecular weight is 470 g/mol. The lowest BCUT2D eigenvalue weighted by molar-refractivity contribution is -0.131. The molecule has 2 aliphatic rings. The van der Waals surface area contributed by atoms with E-state index in [-0.39, 0.29) is 41.0 Å². The van der Waals surface area contributed by atoms with Crippen molar-refractivity contribution in [2.45, 2.75) is 31.7 Å². The van der Waals surface area contributed by atoms with Gasteiger partial charge < -0.3 is 20.5 Å². The van der Waals surface area contributed by atoms with E-state index in [1.54, 1.807) is 4.90 Å². The molecule has 33 heavy (non-hydrogen) atoms. The number of nitrogens with one attached hydrogen (secondary N) is 3. The topological polar surface area (TPSA) is 90.1 Å². The van der Waals surface area contributed by atoms with Crippen molar-refractivity contribution >= 4 is 34.1 Å². The molecule has 0 aliphatic carbocycles. The van der Waals surface area contributed by atoms with Crippen molar-refractivity contribution in [3.8, 4) is 0 Å². The van der Waals surface area contributed by atoms with Crippen LogP contribution in [0.3, 0.4) is 0 Å². The highest BCUT2D eigenvalue weighted by molar-refractivity contribution is 6.30. The number of halogens is 2. The number of aromatic nitrogens is 2. The van der Waals surface area contributed by atoms with E-state index in [0.717, 1.165) is 37.1 Å². The van der Waals surface area contributed by atoms with Crippen LogP contribution in [0.4, 0.5) is 10.1 Å². The van der Waals surface area contributed by atoms with E-state index in [9.17, 15) is 14.0 Å². The van der Waals surface area contributed by atoms with Crippen LogP contribution >= 0.6 is 11.6 Å². The van der Waals surface area contributed by atoms with Crippen LogP contribution in [0.15, 0.2) is 35.1 Å². The van der Waals surface area contributed by atoms with Crippen LogP contribution in [0.5, 0.6) is 0 Å². The van der Waals surface area contributed by atoms with Crippen LogP contribution < -0.4 is 16.2 Å². The number of nitrogens with zero attached hydrogens (tertiary/aromatic N) is 2. The van der Waals surface area contributed by atoms with Crippen LogP contribution in [0.25, 0.3) is 10.9 Å². The lowest BCUT2D eigenvalue weighted by atomic mass is 9.93. The van der Waals surface area contributed by atoms with Gasteiger partial charge in [-0.15, -0.1) is 0 Å². The van der Waals surface area contributed by atoms with Crippen LogP contribution in [0.2, 0.25) is 5.02 Å². The summed E-state index contributed by atoms with van der Waals surface area (Å²) < 4.78 is 14.7. The Labute approximate surface area is 195 Å². The van der Waals surface area contributed by atoms with Gasteiger partial charge in [-0.1, -0.05) is 17.7 Å². The maximum Gasteiger partial charge on any atom is 0.258 e. The predicted octanol–water partition coefficient (Wildman–Crippen LogP) is 3.35. The lowest BCUT2D eigenvalue weighted by Crippen LogP contribution is -2.41. The van der Waals surface area contributed by atoms with E-state index in [2.05, 4.69) is 20.6 Å². The van der Waals surface area contributed by atoms with E-state index in [1.807, 2.05) is 25.1 Å². The van der Waals surface area contributed by atoms with Crippen molar-refractivity contribution < 1.29 is 9.18 Å². The lowest BCUT2D eigenvalue weighted by Gasteiger charge is -2.35. The molecule has 3 N–H and O–H groups in total. The number of aromatic amines is 1. The number of amides is 1. The quantitative estimate of drug-likeness (QED) is 0.545. The number of carbonyl (C=O) groups is 1. The Kier molecular flexibility index (Phi) is 5.80. The van der Waals surface area contributed by atoms with Gasteiger partial charge >= 0.3 is 0 Å². The predicted molar refractivity (Wildman–Crippen MR) is 126 cm³/mol. The number of hydrogen-bond donors (Lipinski definition) is 3. The van der Waals surface area contributed by atoms with Crippen LogP contribution in [0, 0.1) is 5.82 Å². The number of anilines is 1. The third kappa shape index (κ3) is 4.20. The minimum atomic E-state index is -0.593. The summed E-state index contributed by atoms with van der Waals surface area (Å²) >= 11 is 6.10. The Morgan fingerprint density at radius 1 is 1.33 bits per heavy atom. The maximum atomic E-state index is 14.7. The highest BCUT2D eigenvalue weighted by Crippen LogP contribution is 2.31. The first-order valence-electron chi connectivity index (χ1n) is 11.2. The molecule has 3 aromatic rings. The van der Waals surface area contributed by atoms with Gasteiger partial charge in [0.2, 0.25) is 5.91 Å². The molecule has 0 radical (unpaired) electrons. The molecule has 2 aromatic carbocycles. The molecule has 7 nitrogen and oxygen atoms in total. The molecule has 172 valence electrons. The second-order valence-corrected chi connectivity index (χ2v) is 9.14. The van der Waals surface area contributed by atoms with Crippen molar-refractivity contribution in [3.05, 3.63) is 68.5 Å². The molecule has 0 unspecified atom stereocenters. The van der Waals surface area contributed by atoms with E-state index in [4.69, 9.17) is 11.6 Å². The number of carbonyl (C=O) groups excluding carboxylic acids is 1. The third-order valence-corrected chi connectivity index (χ3v) is 6.89. The van der Waals surface area contributed by atoms with Crippen LogP contribution in [0.1, 0.15) is 42.3 Å². The summed E-state index contributed by atoms with van der Waals surface area (Å²) in [7, 11) is 0. The summed E-state index contributed by atoms with van der Waals surface area (Å²) in [5.41, 5.74) is 2.44. The van der Waals surface area contributed by atoms with Crippen molar-refractivity contribution in [3.63, 3.8) is 0 Å². The zero-order valence-electron chi connectivity index (χ0n) is 18.3. The number of rotatable bonds is 4. The van der Waals surface area contributed by atoms with Gasteiger partial charge in [0.1, 0.15) is 11.6 Å². The highest BCUT2D eigenvalue weighted by Gasteiger charge is 2.27. The molecule has 2 aliphatic heterocycles. The van der Waals surface area contributed by atoms with Gasteiger partial charge in [-0.3, -0.25) is 9.59 Å². The van der Waals surface area contributed by atoms with E-state index in [0.29, 0.717) is 22.9 Å². The molecular formula is C24H25ClFN5O2. The van der Waals surface area contributed by atoms with Gasteiger partial charge in [0.25, 0.3) is 5.56 Å². The average Bonchev–Trinajstić information content (AvgIpc) is 3.33. The van der Waals surface area contributed by atoms with E-state index >= 15 is 0 Å². The smallest absolute Gasteiger partial charge is 0.258 e. The van der Waals surface area contributed by atoms with Gasteiger partial charge in [0, 0.05) is 24.0 Å². The number of fused-ring (bicyclic) bond motifs is 2. The number of H-pyrrole nitrogens is 1. The van der Waals surface area contributed by atoms with Gasteiger partial charge in [0.15, 0.2) is 0 Å². The number of hydrogen-bond acceptors (Lipinski definition) is 5. The Hall–Kier alpha value is -2.97. The van der Waals surface area contributed by atoms with Crippen molar-refractivity contribution in [2.75, 3.05) is 31.5 Å². The summed E-state index contributed by atoms with van der Waals surface area (Å²) in [6.45, 7) is 4.12. The minimum absolute atomic E-state index is 0.0573. The molecule has 1 saturated heterocycles. The molecule has 0 saturated carbocycles. The van der Waals surface area contributed by atoms with Gasteiger partial charge in [0.05, 0.1) is 29.2 Å². The standard InChI is InChI=1S/C24H25ClFN5O2/c1-13-17-3-2-16(25)8-14(17)5-7-31(13)22(32)12-28-21-10-20-18(9-19(21)26)24(33)30-23(29-20)15-4-6-27-11-15/h2-3,8-10,13,15,27-28H,4-7,11-12H2,1H3,(H,29,30,33)/t13-,15-/m0/s1. The third-order valence-electron chi connectivity index (χ3n) is 6.65. The first kappa shape index (κ1) is 21.9. The first-order chi connectivity index (χ1) is 15.9. The Morgan fingerprint density at radius 2 is 2.18 bits per heavy atom.